The molecule has 1 aromatic heterocycles. The van der Waals surface area contributed by atoms with Gasteiger partial charge in [-0.25, -0.2) is 0 Å². The molecule has 1 aliphatic carbocycles. The first kappa shape index (κ1) is 14.4. The SMILES string of the molecule is O=C(CC1CCCCC1)N1CCN(c2cccnc2)CC1. The number of nitrogens with zero attached hydrogens (tertiary/aromatic N) is 3. The number of carbonyl (C=O) groups is 1. The number of hydrogen-bond donors (Lipinski definition) is 0. The van der Waals surface area contributed by atoms with Crippen LogP contribution in [0.2, 0.25) is 0 Å². The highest BCUT2D eigenvalue weighted by Gasteiger charge is 2.24. The summed E-state index contributed by atoms with van der Waals surface area (Å²) in [6, 6.07) is 4.06. The van der Waals surface area contributed by atoms with Crippen molar-refractivity contribution in [3.63, 3.8) is 0 Å². The van der Waals surface area contributed by atoms with Crippen molar-refractivity contribution < 1.29 is 4.79 Å². The van der Waals surface area contributed by atoms with Crippen LogP contribution in [0.3, 0.4) is 0 Å². The van der Waals surface area contributed by atoms with Crippen molar-refractivity contribution in [1.29, 1.82) is 0 Å². The molecule has 2 heterocycles. The lowest BCUT2D eigenvalue weighted by Crippen LogP contribution is -2.49. The van der Waals surface area contributed by atoms with Crippen molar-refractivity contribution in [2.75, 3.05) is 31.1 Å². The van der Waals surface area contributed by atoms with Gasteiger partial charge in [0.1, 0.15) is 0 Å². The average molecular weight is 287 g/mol. The fourth-order valence-electron chi connectivity index (χ4n) is 3.52. The van der Waals surface area contributed by atoms with Crippen LogP contribution in [0, 0.1) is 5.92 Å². The summed E-state index contributed by atoms with van der Waals surface area (Å²) in [5.41, 5.74) is 1.16. The molecule has 0 spiro atoms. The summed E-state index contributed by atoms with van der Waals surface area (Å²) in [5, 5.41) is 0. The van der Waals surface area contributed by atoms with E-state index in [2.05, 4.69) is 20.9 Å². The van der Waals surface area contributed by atoms with Crippen LogP contribution in [0.25, 0.3) is 0 Å². The number of amides is 1. The number of anilines is 1. The van der Waals surface area contributed by atoms with Crippen molar-refractivity contribution in [3.8, 4) is 0 Å². The van der Waals surface area contributed by atoms with Gasteiger partial charge in [0.15, 0.2) is 0 Å². The van der Waals surface area contributed by atoms with Crippen LogP contribution in [-0.4, -0.2) is 42.0 Å². The quantitative estimate of drug-likeness (QED) is 0.857. The van der Waals surface area contributed by atoms with Crippen LogP contribution in [-0.2, 0) is 4.79 Å². The second-order valence-electron chi connectivity index (χ2n) is 6.29. The number of piperazine rings is 1. The summed E-state index contributed by atoms with van der Waals surface area (Å²) in [7, 11) is 0. The smallest absolute Gasteiger partial charge is 0.222 e. The van der Waals surface area contributed by atoms with Gasteiger partial charge in [0, 0.05) is 38.8 Å². The Balaban J connectivity index is 1.47. The summed E-state index contributed by atoms with van der Waals surface area (Å²) < 4.78 is 0. The lowest BCUT2D eigenvalue weighted by molar-refractivity contribution is -0.132. The summed E-state index contributed by atoms with van der Waals surface area (Å²) in [6.45, 7) is 3.53. The molecule has 2 fully saturated rings. The molecule has 4 heteroatoms. The van der Waals surface area contributed by atoms with Crippen LogP contribution >= 0.6 is 0 Å². The van der Waals surface area contributed by atoms with Gasteiger partial charge >= 0.3 is 0 Å². The Bertz CT molecular complexity index is 448. The van der Waals surface area contributed by atoms with Crippen molar-refractivity contribution in [2.45, 2.75) is 38.5 Å². The zero-order chi connectivity index (χ0) is 14.5. The first-order valence-electron chi connectivity index (χ1n) is 8.25. The van der Waals surface area contributed by atoms with Crippen LogP contribution < -0.4 is 4.90 Å². The van der Waals surface area contributed by atoms with Gasteiger partial charge in [-0.2, -0.15) is 0 Å². The van der Waals surface area contributed by atoms with E-state index in [1.54, 1.807) is 6.20 Å². The monoisotopic (exact) mass is 287 g/mol. The first-order chi connectivity index (χ1) is 10.3. The number of pyridine rings is 1. The predicted molar refractivity (Wildman–Crippen MR) is 84.2 cm³/mol. The number of rotatable bonds is 3. The van der Waals surface area contributed by atoms with Gasteiger partial charge in [0.05, 0.1) is 11.9 Å². The molecule has 2 aliphatic rings. The Morgan fingerprint density at radius 2 is 1.90 bits per heavy atom. The summed E-state index contributed by atoms with van der Waals surface area (Å²) >= 11 is 0. The number of aromatic nitrogens is 1. The Hall–Kier alpha value is -1.58. The second-order valence-corrected chi connectivity index (χ2v) is 6.29. The molecule has 0 atom stereocenters. The molecule has 1 aliphatic heterocycles. The van der Waals surface area contributed by atoms with Crippen molar-refractivity contribution in [1.82, 2.24) is 9.88 Å². The number of carbonyl (C=O) groups excluding carboxylic acids is 1. The minimum absolute atomic E-state index is 0.368. The van der Waals surface area contributed by atoms with E-state index in [1.165, 1.54) is 32.1 Å². The standard InChI is InChI=1S/C17H25N3O/c21-17(13-15-5-2-1-3-6-15)20-11-9-19(10-12-20)16-7-4-8-18-14-16/h4,7-8,14-15H,1-3,5-6,9-13H2. The highest BCUT2D eigenvalue weighted by molar-refractivity contribution is 5.76. The topological polar surface area (TPSA) is 36.4 Å². The van der Waals surface area contributed by atoms with Gasteiger partial charge in [0.25, 0.3) is 0 Å². The molecule has 0 unspecified atom stereocenters. The molecular weight excluding hydrogens is 262 g/mol. The van der Waals surface area contributed by atoms with E-state index in [9.17, 15) is 4.79 Å². The van der Waals surface area contributed by atoms with Crippen molar-refractivity contribution >= 4 is 11.6 Å². The van der Waals surface area contributed by atoms with Gasteiger partial charge in [-0.3, -0.25) is 9.78 Å². The Labute approximate surface area is 127 Å². The van der Waals surface area contributed by atoms with E-state index in [1.807, 2.05) is 12.3 Å². The van der Waals surface area contributed by atoms with Gasteiger partial charge in [-0.1, -0.05) is 19.3 Å². The number of hydrogen-bond acceptors (Lipinski definition) is 3. The molecule has 1 aromatic rings. The first-order valence-corrected chi connectivity index (χ1v) is 8.25. The van der Waals surface area contributed by atoms with E-state index in [0.717, 1.165) is 38.3 Å². The molecule has 1 amide bonds. The van der Waals surface area contributed by atoms with E-state index >= 15 is 0 Å². The van der Waals surface area contributed by atoms with Crippen molar-refractivity contribution in [2.24, 2.45) is 5.92 Å². The third-order valence-corrected chi connectivity index (χ3v) is 4.83. The average Bonchev–Trinajstić information content (AvgIpc) is 2.57. The highest BCUT2D eigenvalue weighted by Crippen LogP contribution is 2.27. The van der Waals surface area contributed by atoms with Crippen LogP contribution in [0.5, 0.6) is 0 Å². The highest BCUT2D eigenvalue weighted by atomic mass is 16.2. The van der Waals surface area contributed by atoms with E-state index in [4.69, 9.17) is 0 Å². The molecule has 0 radical (unpaired) electrons. The fraction of sp³-hybridized carbons (Fsp3) is 0.647. The third kappa shape index (κ3) is 3.74. The Morgan fingerprint density at radius 3 is 2.57 bits per heavy atom. The minimum atomic E-state index is 0.368. The molecule has 1 saturated carbocycles. The van der Waals surface area contributed by atoms with Crippen LogP contribution in [0.4, 0.5) is 5.69 Å². The predicted octanol–water partition coefficient (Wildman–Crippen LogP) is 2.70. The Kier molecular flexibility index (Phi) is 4.73. The molecule has 0 aromatic carbocycles. The lowest BCUT2D eigenvalue weighted by atomic mass is 9.86. The Morgan fingerprint density at radius 1 is 1.14 bits per heavy atom. The molecule has 0 N–H and O–H groups in total. The molecule has 4 nitrogen and oxygen atoms in total. The molecule has 3 rings (SSSR count). The summed E-state index contributed by atoms with van der Waals surface area (Å²) in [4.78, 5) is 20.9. The maximum atomic E-state index is 12.4. The molecule has 0 bridgehead atoms. The fourth-order valence-corrected chi connectivity index (χ4v) is 3.52. The summed E-state index contributed by atoms with van der Waals surface area (Å²) in [5.74, 6) is 1.01. The van der Waals surface area contributed by atoms with Gasteiger partial charge < -0.3 is 9.80 Å². The lowest BCUT2D eigenvalue weighted by Gasteiger charge is -2.36. The zero-order valence-corrected chi connectivity index (χ0v) is 12.7. The van der Waals surface area contributed by atoms with Gasteiger partial charge in [-0.15, -0.1) is 0 Å². The second kappa shape index (κ2) is 6.92. The maximum Gasteiger partial charge on any atom is 0.222 e. The van der Waals surface area contributed by atoms with Crippen LogP contribution in [0.15, 0.2) is 24.5 Å². The van der Waals surface area contributed by atoms with E-state index < -0.39 is 0 Å². The largest absolute Gasteiger partial charge is 0.367 e. The summed E-state index contributed by atoms with van der Waals surface area (Å²) in [6.07, 6.45) is 11.0. The minimum Gasteiger partial charge on any atom is -0.367 e. The van der Waals surface area contributed by atoms with Gasteiger partial charge in [0.2, 0.25) is 5.91 Å². The maximum absolute atomic E-state index is 12.4. The van der Waals surface area contributed by atoms with E-state index in [0.29, 0.717) is 11.8 Å². The molecule has 21 heavy (non-hydrogen) atoms. The van der Waals surface area contributed by atoms with E-state index in [-0.39, 0.29) is 0 Å². The molecule has 1 saturated heterocycles. The van der Waals surface area contributed by atoms with Gasteiger partial charge in [-0.05, 0) is 30.9 Å². The third-order valence-electron chi connectivity index (χ3n) is 4.83. The molecular formula is C17H25N3O. The van der Waals surface area contributed by atoms with Crippen molar-refractivity contribution in [3.05, 3.63) is 24.5 Å². The van der Waals surface area contributed by atoms with Crippen LogP contribution in [0.1, 0.15) is 38.5 Å². The zero-order valence-electron chi connectivity index (χ0n) is 12.7. The normalized spacial score (nSPS) is 20.6. The molecule has 114 valence electrons.